The molecule has 1 amide bonds. The van der Waals surface area contributed by atoms with Gasteiger partial charge in [0, 0.05) is 6.42 Å². The van der Waals surface area contributed by atoms with E-state index in [9.17, 15) is 4.79 Å². The van der Waals surface area contributed by atoms with Gasteiger partial charge in [0.15, 0.2) is 0 Å². The molecule has 1 fully saturated rings. The summed E-state index contributed by atoms with van der Waals surface area (Å²) in [5, 5.41) is 0. The molecule has 4 heteroatoms. The quantitative estimate of drug-likeness (QED) is 0.805. The molecule has 0 N–H and O–H groups in total. The number of carbonyl (C=O) groups is 1. The second kappa shape index (κ2) is 6.85. The Morgan fingerprint density at radius 3 is 2.64 bits per heavy atom. The molecule has 0 aromatic heterocycles. The van der Waals surface area contributed by atoms with Crippen molar-refractivity contribution < 1.29 is 14.3 Å². The summed E-state index contributed by atoms with van der Waals surface area (Å²) in [5.41, 5.74) is 0.578. The molecule has 2 rings (SSSR count). The molecule has 1 aliphatic heterocycles. The van der Waals surface area contributed by atoms with Crippen LogP contribution in [0.4, 0.5) is 4.79 Å². The van der Waals surface area contributed by atoms with E-state index in [0.717, 1.165) is 5.56 Å². The van der Waals surface area contributed by atoms with Gasteiger partial charge in [0.25, 0.3) is 0 Å². The van der Waals surface area contributed by atoms with Crippen LogP contribution in [0.5, 0.6) is 0 Å². The summed E-state index contributed by atoms with van der Waals surface area (Å²) in [5.74, 6) is 2.65. The molecule has 1 aromatic rings. The number of rotatable bonds is 3. The predicted molar refractivity (Wildman–Crippen MR) is 85.2 cm³/mol. The first kappa shape index (κ1) is 16.4. The summed E-state index contributed by atoms with van der Waals surface area (Å²) < 4.78 is 11.3. The van der Waals surface area contributed by atoms with E-state index in [4.69, 9.17) is 15.9 Å². The first-order valence-corrected chi connectivity index (χ1v) is 7.50. The van der Waals surface area contributed by atoms with Crippen LogP contribution in [0.25, 0.3) is 0 Å². The first-order chi connectivity index (χ1) is 10.4. The average molecular weight is 301 g/mol. The maximum absolute atomic E-state index is 12.2. The van der Waals surface area contributed by atoms with Gasteiger partial charge in [-0.05, 0) is 26.3 Å². The number of ether oxygens (including phenoxy) is 2. The molecule has 1 saturated heterocycles. The van der Waals surface area contributed by atoms with Gasteiger partial charge < -0.3 is 9.47 Å². The van der Waals surface area contributed by atoms with Crippen molar-refractivity contribution in [3.05, 3.63) is 35.9 Å². The number of amides is 1. The zero-order valence-electron chi connectivity index (χ0n) is 13.4. The lowest BCUT2D eigenvalue weighted by atomic mass is 10.2. The lowest BCUT2D eigenvalue weighted by Gasteiger charge is -2.26. The van der Waals surface area contributed by atoms with Crippen molar-refractivity contribution in [2.24, 2.45) is 0 Å². The Labute approximate surface area is 132 Å². The predicted octanol–water partition coefficient (Wildman–Crippen LogP) is 3.21. The van der Waals surface area contributed by atoms with E-state index < -0.39 is 5.60 Å². The largest absolute Gasteiger partial charge is 0.444 e. The maximum atomic E-state index is 12.2. The third-order valence-electron chi connectivity index (χ3n) is 3.41. The molecule has 0 saturated carbocycles. The average Bonchev–Trinajstić information content (AvgIpc) is 2.88. The Morgan fingerprint density at radius 2 is 2.05 bits per heavy atom. The minimum atomic E-state index is -0.529. The molecule has 0 radical (unpaired) electrons. The zero-order chi connectivity index (χ0) is 16.2. The van der Waals surface area contributed by atoms with Crippen LogP contribution in [0.15, 0.2) is 30.3 Å². The van der Waals surface area contributed by atoms with Gasteiger partial charge in [-0.2, -0.15) is 0 Å². The number of terminal acetylenes is 1. The number of nitrogens with zero attached hydrogens (tertiary/aromatic N) is 1. The molecular formula is C18H23NO3. The highest BCUT2D eigenvalue weighted by Gasteiger charge is 2.37. The fourth-order valence-corrected chi connectivity index (χ4v) is 2.39. The molecule has 0 aliphatic carbocycles. The van der Waals surface area contributed by atoms with Gasteiger partial charge in [0.05, 0.1) is 25.3 Å². The standard InChI is InChI=1S/C18H23NO3/c1-5-15-11-16(21-13-14-9-7-6-8-10-14)12-19(15)17(20)22-18(2,3)4/h1,6-10,15-16H,11-13H2,2-4H3. The zero-order valence-corrected chi connectivity index (χ0v) is 13.4. The molecule has 2 atom stereocenters. The number of hydrogen-bond acceptors (Lipinski definition) is 3. The van der Waals surface area contributed by atoms with Crippen molar-refractivity contribution >= 4 is 6.09 Å². The fraction of sp³-hybridized carbons (Fsp3) is 0.500. The SMILES string of the molecule is C#CC1CC(OCc2ccccc2)CN1C(=O)OC(C)(C)C. The molecule has 22 heavy (non-hydrogen) atoms. The van der Waals surface area contributed by atoms with E-state index in [1.807, 2.05) is 51.1 Å². The van der Waals surface area contributed by atoms with Crippen LogP contribution in [0.1, 0.15) is 32.8 Å². The smallest absolute Gasteiger partial charge is 0.411 e. The second-order valence-corrected chi connectivity index (χ2v) is 6.47. The summed E-state index contributed by atoms with van der Waals surface area (Å²) in [6, 6.07) is 9.68. The first-order valence-electron chi connectivity index (χ1n) is 7.50. The Balaban J connectivity index is 1.92. The number of benzene rings is 1. The highest BCUT2D eigenvalue weighted by Crippen LogP contribution is 2.23. The molecule has 0 bridgehead atoms. The van der Waals surface area contributed by atoms with Crippen LogP contribution in [-0.4, -0.2) is 35.3 Å². The summed E-state index contributed by atoms with van der Waals surface area (Å²) in [4.78, 5) is 13.8. The molecule has 1 aliphatic rings. The van der Waals surface area contributed by atoms with Gasteiger partial charge >= 0.3 is 6.09 Å². The van der Waals surface area contributed by atoms with E-state index in [1.54, 1.807) is 4.90 Å². The van der Waals surface area contributed by atoms with Crippen molar-refractivity contribution in [3.63, 3.8) is 0 Å². The Morgan fingerprint density at radius 1 is 1.36 bits per heavy atom. The third kappa shape index (κ3) is 4.51. The van der Waals surface area contributed by atoms with Crippen molar-refractivity contribution in [1.29, 1.82) is 0 Å². The van der Waals surface area contributed by atoms with Gasteiger partial charge in [-0.25, -0.2) is 4.79 Å². The number of carbonyl (C=O) groups excluding carboxylic acids is 1. The van der Waals surface area contributed by atoms with Gasteiger partial charge in [-0.3, -0.25) is 4.90 Å². The van der Waals surface area contributed by atoms with Crippen LogP contribution in [0, 0.1) is 12.3 Å². The molecular weight excluding hydrogens is 278 g/mol. The molecule has 4 nitrogen and oxygen atoms in total. The third-order valence-corrected chi connectivity index (χ3v) is 3.41. The van der Waals surface area contributed by atoms with Crippen LogP contribution in [0.3, 0.4) is 0 Å². The summed E-state index contributed by atoms with van der Waals surface area (Å²) in [7, 11) is 0. The lowest BCUT2D eigenvalue weighted by molar-refractivity contribution is 0.0168. The van der Waals surface area contributed by atoms with E-state index >= 15 is 0 Å². The van der Waals surface area contributed by atoms with Crippen LogP contribution >= 0.6 is 0 Å². The molecule has 2 unspecified atom stereocenters. The normalized spacial score (nSPS) is 21.5. The van der Waals surface area contributed by atoms with Crippen molar-refractivity contribution in [2.75, 3.05) is 6.54 Å². The summed E-state index contributed by atoms with van der Waals surface area (Å²) in [6.07, 6.45) is 5.75. The second-order valence-electron chi connectivity index (χ2n) is 6.47. The Bertz CT molecular complexity index is 542. The minimum Gasteiger partial charge on any atom is -0.444 e. The molecule has 1 heterocycles. The summed E-state index contributed by atoms with van der Waals surface area (Å²) >= 11 is 0. The Hall–Kier alpha value is -1.99. The molecule has 1 aromatic carbocycles. The van der Waals surface area contributed by atoms with E-state index in [0.29, 0.717) is 19.6 Å². The lowest BCUT2D eigenvalue weighted by Crippen LogP contribution is -2.39. The number of likely N-dealkylation sites (tertiary alicyclic amines) is 1. The van der Waals surface area contributed by atoms with Crippen LogP contribution < -0.4 is 0 Å². The van der Waals surface area contributed by atoms with Gasteiger partial charge in [-0.1, -0.05) is 36.3 Å². The van der Waals surface area contributed by atoms with E-state index in [2.05, 4.69) is 5.92 Å². The van der Waals surface area contributed by atoms with Crippen molar-refractivity contribution in [1.82, 2.24) is 4.90 Å². The van der Waals surface area contributed by atoms with Crippen LogP contribution in [0.2, 0.25) is 0 Å². The van der Waals surface area contributed by atoms with Gasteiger partial charge in [-0.15, -0.1) is 6.42 Å². The van der Waals surface area contributed by atoms with Gasteiger partial charge in [0.2, 0.25) is 0 Å². The van der Waals surface area contributed by atoms with E-state index in [-0.39, 0.29) is 18.2 Å². The minimum absolute atomic E-state index is 0.0613. The van der Waals surface area contributed by atoms with Gasteiger partial charge in [0.1, 0.15) is 5.60 Å². The maximum Gasteiger partial charge on any atom is 0.411 e. The van der Waals surface area contributed by atoms with Crippen molar-refractivity contribution in [3.8, 4) is 12.3 Å². The van der Waals surface area contributed by atoms with E-state index in [1.165, 1.54) is 0 Å². The molecule has 0 spiro atoms. The monoisotopic (exact) mass is 301 g/mol. The molecule has 118 valence electrons. The highest BCUT2D eigenvalue weighted by molar-refractivity contribution is 5.69. The van der Waals surface area contributed by atoms with Crippen LogP contribution in [-0.2, 0) is 16.1 Å². The number of hydrogen-bond donors (Lipinski definition) is 0. The van der Waals surface area contributed by atoms with Crippen molar-refractivity contribution in [2.45, 2.75) is 51.5 Å². The Kier molecular flexibility index (Phi) is 5.10. The highest BCUT2D eigenvalue weighted by atomic mass is 16.6. The topological polar surface area (TPSA) is 38.8 Å². The fourth-order valence-electron chi connectivity index (χ4n) is 2.39. The summed E-state index contributed by atoms with van der Waals surface area (Å²) in [6.45, 7) is 6.52.